The third-order valence-corrected chi connectivity index (χ3v) is 4.99. The van der Waals surface area contributed by atoms with Crippen molar-refractivity contribution in [1.29, 1.82) is 0 Å². The lowest BCUT2D eigenvalue weighted by atomic mass is 10.1. The highest BCUT2D eigenvalue weighted by Gasteiger charge is 2.27. The van der Waals surface area contributed by atoms with Gasteiger partial charge in [0.25, 0.3) is 0 Å². The first-order valence-electron chi connectivity index (χ1n) is 7.42. The molecule has 0 radical (unpaired) electrons. The summed E-state index contributed by atoms with van der Waals surface area (Å²) < 4.78 is 32.3. The van der Waals surface area contributed by atoms with E-state index in [-0.39, 0.29) is 10.8 Å². The van der Waals surface area contributed by atoms with E-state index in [9.17, 15) is 13.2 Å². The third kappa shape index (κ3) is 4.30. The zero-order valence-corrected chi connectivity index (χ0v) is 14.3. The van der Waals surface area contributed by atoms with E-state index in [1.807, 2.05) is 38.1 Å². The van der Waals surface area contributed by atoms with Crippen LogP contribution in [0.2, 0.25) is 0 Å². The van der Waals surface area contributed by atoms with Crippen LogP contribution in [0.25, 0.3) is 10.8 Å². The average molecular weight is 335 g/mol. The summed E-state index contributed by atoms with van der Waals surface area (Å²) in [7, 11) is -2.55. The summed E-state index contributed by atoms with van der Waals surface area (Å²) in [6.07, 6.45) is 0.374. The molecule has 0 aliphatic rings. The van der Waals surface area contributed by atoms with Crippen LogP contribution in [-0.2, 0) is 19.6 Å². The van der Waals surface area contributed by atoms with Crippen LogP contribution < -0.4 is 4.72 Å². The molecule has 23 heavy (non-hydrogen) atoms. The molecule has 0 saturated heterocycles. The van der Waals surface area contributed by atoms with Crippen molar-refractivity contribution in [2.75, 3.05) is 7.11 Å². The second-order valence-electron chi connectivity index (χ2n) is 5.84. The largest absolute Gasteiger partial charge is 0.468 e. The summed E-state index contributed by atoms with van der Waals surface area (Å²) in [4.78, 5) is 12.0. The van der Waals surface area contributed by atoms with Crippen molar-refractivity contribution in [2.45, 2.75) is 31.2 Å². The van der Waals surface area contributed by atoms with Gasteiger partial charge in [0.05, 0.1) is 12.0 Å². The molecular weight excluding hydrogens is 314 g/mol. The minimum Gasteiger partial charge on any atom is -0.468 e. The monoisotopic (exact) mass is 335 g/mol. The van der Waals surface area contributed by atoms with E-state index < -0.39 is 22.0 Å². The van der Waals surface area contributed by atoms with E-state index in [0.717, 1.165) is 10.8 Å². The molecule has 5 nitrogen and oxygen atoms in total. The highest BCUT2D eigenvalue weighted by atomic mass is 32.2. The Morgan fingerprint density at radius 3 is 2.39 bits per heavy atom. The Bertz CT molecular complexity index is 799. The van der Waals surface area contributed by atoms with Gasteiger partial charge in [-0.2, -0.15) is 4.72 Å². The van der Waals surface area contributed by atoms with E-state index >= 15 is 0 Å². The van der Waals surface area contributed by atoms with E-state index in [1.165, 1.54) is 13.2 Å². The predicted molar refractivity (Wildman–Crippen MR) is 89.5 cm³/mol. The van der Waals surface area contributed by atoms with Gasteiger partial charge < -0.3 is 4.74 Å². The van der Waals surface area contributed by atoms with Gasteiger partial charge in [-0.15, -0.1) is 0 Å². The first-order valence-corrected chi connectivity index (χ1v) is 8.91. The fourth-order valence-electron chi connectivity index (χ4n) is 2.40. The standard InChI is InChI=1S/C17H21NO4S/c1-12(2)10-16(17(19)22-3)18-23(20,21)15-9-8-13-6-4-5-7-14(13)11-15/h4-9,11-12,16,18H,10H2,1-3H3/t16-/m0/s1. The number of carbonyl (C=O) groups excluding carboxylic acids is 1. The Labute approximate surface area is 136 Å². The summed E-state index contributed by atoms with van der Waals surface area (Å²) in [5.74, 6) is -0.429. The number of ether oxygens (including phenoxy) is 1. The zero-order chi connectivity index (χ0) is 17.0. The second-order valence-corrected chi connectivity index (χ2v) is 7.55. The van der Waals surface area contributed by atoms with Crippen molar-refractivity contribution in [3.63, 3.8) is 0 Å². The molecule has 0 aromatic heterocycles. The maximum Gasteiger partial charge on any atom is 0.323 e. The van der Waals surface area contributed by atoms with Gasteiger partial charge in [-0.05, 0) is 35.2 Å². The number of benzene rings is 2. The van der Waals surface area contributed by atoms with Gasteiger partial charge in [0.15, 0.2) is 0 Å². The number of nitrogens with one attached hydrogen (secondary N) is 1. The molecule has 124 valence electrons. The van der Waals surface area contributed by atoms with Crippen molar-refractivity contribution in [2.24, 2.45) is 5.92 Å². The lowest BCUT2D eigenvalue weighted by molar-refractivity contribution is -0.143. The molecule has 0 aliphatic heterocycles. The van der Waals surface area contributed by atoms with Gasteiger partial charge in [0.1, 0.15) is 6.04 Å². The molecule has 0 amide bonds. The topological polar surface area (TPSA) is 72.5 Å². The molecule has 6 heteroatoms. The zero-order valence-electron chi connectivity index (χ0n) is 13.4. The van der Waals surface area contributed by atoms with E-state index in [1.54, 1.807) is 12.1 Å². The number of rotatable bonds is 6. The Morgan fingerprint density at radius 1 is 1.13 bits per heavy atom. The van der Waals surface area contributed by atoms with Crippen molar-refractivity contribution in [1.82, 2.24) is 4.72 Å². The van der Waals surface area contributed by atoms with Crippen molar-refractivity contribution >= 4 is 26.8 Å². The highest BCUT2D eigenvalue weighted by Crippen LogP contribution is 2.20. The highest BCUT2D eigenvalue weighted by molar-refractivity contribution is 7.89. The number of esters is 1. The smallest absolute Gasteiger partial charge is 0.323 e. The predicted octanol–water partition coefficient (Wildman–Crippen LogP) is 2.71. The normalized spacial score (nSPS) is 13.2. The van der Waals surface area contributed by atoms with Crippen molar-refractivity contribution in [3.05, 3.63) is 42.5 Å². The summed E-state index contributed by atoms with van der Waals surface area (Å²) in [6, 6.07) is 11.5. The van der Waals surface area contributed by atoms with Gasteiger partial charge in [-0.3, -0.25) is 4.79 Å². The summed E-state index contributed by atoms with van der Waals surface area (Å²) in [6.45, 7) is 3.83. The first-order chi connectivity index (χ1) is 10.8. The third-order valence-electron chi connectivity index (χ3n) is 3.52. The van der Waals surface area contributed by atoms with Gasteiger partial charge in [0, 0.05) is 0 Å². The van der Waals surface area contributed by atoms with Crippen LogP contribution in [0.5, 0.6) is 0 Å². The fraction of sp³-hybridized carbons (Fsp3) is 0.353. The Morgan fingerprint density at radius 2 is 1.78 bits per heavy atom. The van der Waals surface area contributed by atoms with Crippen LogP contribution in [-0.4, -0.2) is 27.5 Å². The number of hydrogen-bond donors (Lipinski definition) is 1. The summed E-state index contributed by atoms with van der Waals surface area (Å²) in [5.41, 5.74) is 0. The van der Waals surface area contributed by atoms with Crippen molar-refractivity contribution < 1.29 is 17.9 Å². The number of sulfonamides is 1. The molecule has 0 heterocycles. The average Bonchev–Trinajstić information content (AvgIpc) is 2.52. The Hall–Kier alpha value is -1.92. The SMILES string of the molecule is COC(=O)[C@H](CC(C)C)NS(=O)(=O)c1ccc2ccccc2c1. The van der Waals surface area contributed by atoms with Gasteiger partial charge >= 0.3 is 5.97 Å². The molecule has 2 rings (SSSR count). The molecule has 0 saturated carbocycles. The molecule has 1 atom stereocenters. The molecule has 0 fully saturated rings. The molecule has 0 bridgehead atoms. The fourth-order valence-corrected chi connectivity index (χ4v) is 3.63. The molecule has 0 aliphatic carbocycles. The van der Waals surface area contributed by atoms with Crippen LogP contribution in [0.1, 0.15) is 20.3 Å². The molecule has 2 aromatic carbocycles. The molecular formula is C17H21NO4S. The van der Waals surface area contributed by atoms with E-state index in [4.69, 9.17) is 4.74 Å². The maximum atomic E-state index is 12.6. The molecule has 1 N–H and O–H groups in total. The van der Waals surface area contributed by atoms with Crippen LogP contribution in [0.3, 0.4) is 0 Å². The van der Waals surface area contributed by atoms with Crippen LogP contribution in [0, 0.1) is 5.92 Å². The number of methoxy groups -OCH3 is 1. The van der Waals surface area contributed by atoms with E-state index in [0.29, 0.717) is 6.42 Å². The van der Waals surface area contributed by atoms with Gasteiger partial charge in [0.2, 0.25) is 10.0 Å². The van der Waals surface area contributed by atoms with Crippen LogP contribution in [0.15, 0.2) is 47.4 Å². The molecule has 2 aromatic rings. The summed E-state index contributed by atoms with van der Waals surface area (Å²) >= 11 is 0. The Balaban J connectivity index is 2.32. The quantitative estimate of drug-likeness (QED) is 0.824. The van der Waals surface area contributed by atoms with E-state index in [2.05, 4.69) is 4.72 Å². The van der Waals surface area contributed by atoms with Crippen molar-refractivity contribution in [3.8, 4) is 0 Å². The number of fused-ring (bicyclic) bond motifs is 1. The first kappa shape index (κ1) is 17.4. The second kappa shape index (κ2) is 7.10. The number of carbonyl (C=O) groups is 1. The lowest BCUT2D eigenvalue weighted by Gasteiger charge is -2.18. The summed E-state index contributed by atoms with van der Waals surface area (Å²) in [5, 5.41) is 1.78. The van der Waals surface area contributed by atoms with Crippen LogP contribution >= 0.6 is 0 Å². The number of hydrogen-bond acceptors (Lipinski definition) is 4. The molecule has 0 unspecified atom stereocenters. The lowest BCUT2D eigenvalue weighted by Crippen LogP contribution is -2.42. The van der Waals surface area contributed by atoms with Gasteiger partial charge in [-0.25, -0.2) is 8.42 Å². The minimum absolute atomic E-state index is 0.133. The Kier molecular flexibility index (Phi) is 5.38. The van der Waals surface area contributed by atoms with Crippen LogP contribution in [0.4, 0.5) is 0 Å². The minimum atomic E-state index is -3.80. The molecule has 0 spiro atoms. The van der Waals surface area contributed by atoms with Gasteiger partial charge in [-0.1, -0.05) is 44.2 Å². The maximum absolute atomic E-state index is 12.6.